The Bertz CT molecular complexity index is 793. The lowest BCUT2D eigenvalue weighted by Gasteiger charge is -2.32. The molecule has 1 aromatic rings. The minimum atomic E-state index is -3.63. The molecule has 0 bridgehead atoms. The molecule has 0 radical (unpaired) electrons. The van der Waals surface area contributed by atoms with E-state index in [2.05, 4.69) is 5.32 Å². The van der Waals surface area contributed by atoms with Gasteiger partial charge in [0.25, 0.3) is 0 Å². The van der Waals surface area contributed by atoms with Crippen molar-refractivity contribution < 1.29 is 22.7 Å². The highest BCUT2D eigenvalue weighted by Gasteiger charge is 2.33. The van der Waals surface area contributed by atoms with Crippen molar-refractivity contribution in [2.45, 2.75) is 50.5 Å². The van der Waals surface area contributed by atoms with Gasteiger partial charge < -0.3 is 14.8 Å². The normalized spacial score (nSPS) is 19.4. The summed E-state index contributed by atoms with van der Waals surface area (Å²) in [6.07, 6.45) is 1.80. The predicted octanol–water partition coefficient (Wildman–Crippen LogP) is 2.16. The van der Waals surface area contributed by atoms with Crippen molar-refractivity contribution in [3.8, 4) is 11.5 Å². The van der Waals surface area contributed by atoms with E-state index in [1.165, 1.54) is 10.4 Å². The molecule has 0 atom stereocenters. The van der Waals surface area contributed by atoms with E-state index in [-0.39, 0.29) is 22.3 Å². The van der Waals surface area contributed by atoms with Crippen molar-refractivity contribution in [1.82, 2.24) is 9.62 Å². The molecule has 1 amide bonds. The average molecular weight is 397 g/mol. The van der Waals surface area contributed by atoms with Crippen LogP contribution in [-0.2, 0) is 14.8 Å². The summed E-state index contributed by atoms with van der Waals surface area (Å²) in [5.74, 6) is 0.881. The van der Waals surface area contributed by atoms with E-state index in [0.717, 1.165) is 6.42 Å². The average Bonchev–Trinajstić information content (AvgIpc) is 2.85. The van der Waals surface area contributed by atoms with Gasteiger partial charge in [0, 0.05) is 37.0 Å². The highest BCUT2D eigenvalue weighted by Crippen LogP contribution is 2.33. The number of hydrogen-bond acceptors (Lipinski definition) is 5. The van der Waals surface area contributed by atoms with Crippen LogP contribution in [0.25, 0.3) is 0 Å². The number of benzene rings is 1. The maximum absolute atomic E-state index is 13.0. The Hall–Kier alpha value is -1.80. The molecule has 1 saturated heterocycles. The van der Waals surface area contributed by atoms with Crippen molar-refractivity contribution in [3.05, 3.63) is 18.2 Å². The molecular weight excluding hydrogens is 368 g/mol. The largest absolute Gasteiger partial charge is 0.490 e. The number of carbonyl (C=O) groups is 1. The monoisotopic (exact) mass is 396 g/mol. The zero-order valence-corrected chi connectivity index (χ0v) is 17.0. The lowest BCUT2D eigenvalue weighted by molar-refractivity contribution is -0.127. The number of sulfonamides is 1. The number of rotatable bonds is 3. The van der Waals surface area contributed by atoms with Crippen LogP contribution in [-0.4, -0.2) is 50.5 Å². The minimum absolute atomic E-state index is 0.00451. The first kappa shape index (κ1) is 19.9. The molecule has 2 aliphatic rings. The molecule has 8 heteroatoms. The fraction of sp³-hybridized carbons (Fsp3) is 0.632. The maximum Gasteiger partial charge on any atom is 0.243 e. The Labute approximate surface area is 161 Å². The minimum Gasteiger partial charge on any atom is -0.490 e. The molecular formula is C19H28N2O5S. The Morgan fingerprint density at radius 1 is 1.11 bits per heavy atom. The standard InChI is InChI=1S/C19H28N2O5S/c1-19(2,3)20-18(22)14-7-9-21(10-8-14)27(23,24)15-5-6-16-17(13-15)26-12-4-11-25-16/h5-6,13-14H,4,7-12H2,1-3H3,(H,20,22). The van der Waals surface area contributed by atoms with E-state index < -0.39 is 10.0 Å². The smallest absolute Gasteiger partial charge is 0.243 e. The first-order valence-corrected chi connectivity index (χ1v) is 10.8. The number of carbonyl (C=O) groups excluding carboxylic acids is 1. The molecule has 1 N–H and O–H groups in total. The van der Waals surface area contributed by atoms with E-state index in [1.807, 2.05) is 20.8 Å². The van der Waals surface area contributed by atoms with Crippen LogP contribution < -0.4 is 14.8 Å². The Morgan fingerprint density at radius 3 is 2.37 bits per heavy atom. The lowest BCUT2D eigenvalue weighted by Crippen LogP contribution is -2.47. The van der Waals surface area contributed by atoms with Crippen LogP contribution in [0.1, 0.15) is 40.0 Å². The molecule has 0 aromatic heterocycles. The van der Waals surface area contributed by atoms with E-state index >= 15 is 0 Å². The first-order chi connectivity index (χ1) is 12.7. The zero-order valence-electron chi connectivity index (χ0n) is 16.2. The highest BCUT2D eigenvalue weighted by molar-refractivity contribution is 7.89. The van der Waals surface area contributed by atoms with Gasteiger partial charge in [0.2, 0.25) is 15.9 Å². The number of ether oxygens (including phenoxy) is 2. The first-order valence-electron chi connectivity index (χ1n) is 9.39. The second-order valence-corrected chi connectivity index (χ2v) is 10.0. The van der Waals surface area contributed by atoms with Crippen molar-refractivity contribution >= 4 is 15.9 Å². The van der Waals surface area contributed by atoms with Gasteiger partial charge in [-0.25, -0.2) is 8.42 Å². The molecule has 7 nitrogen and oxygen atoms in total. The Balaban J connectivity index is 1.68. The Morgan fingerprint density at radius 2 is 1.74 bits per heavy atom. The SMILES string of the molecule is CC(C)(C)NC(=O)C1CCN(S(=O)(=O)c2ccc3c(c2)OCCCO3)CC1. The molecule has 0 spiro atoms. The van der Waals surface area contributed by atoms with E-state index in [0.29, 0.717) is 50.6 Å². The van der Waals surface area contributed by atoms with Gasteiger partial charge in [-0.15, -0.1) is 0 Å². The van der Waals surface area contributed by atoms with Gasteiger partial charge in [-0.2, -0.15) is 4.31 Å². The van der Waals surface area contributed by atoms with Gasteiger partial charge in [0.15, 0.2) is 11.5 Å². The maximum atomic E-state index is 13.0. The number of fused-ring (bicyclic) bond motifs is 1. The highest BCUT2D eigenvalue weighted by atomic mass is 32.2. The molecule has 2 aliphatic heterocycles. The molecule has 0 unspecified atom stereocenters. The van der Waals surface area contributed by atoms with Gasteiger partial charge in [-0.1, -0.05) is 0 Å². The van der Waals surface area contributed by atoms with Crippen molar-refractivity contribution in [3.63, 3.8) is 0 Å². The summed E-state index contributed by atoms with van der Waals surface area (Å²) in [5.41, 5.74) is -0.287. The molecule has 0 aliphatic carbocycles. The third-order valence-corrected chi connectivity index (χ3v) is 6.57. The number of hydrogen-bond donors (Lipinski definition) is 1. The second kappa shape index (κ2) is 7.67. The van der Waals surface area contributed by atoms with E-state index in [4.69, 9.17) is 9.47 Å². The molecule has 1 fully saturated rings. The molecule has 3 rings (SSSR count). The lowest BCUT2D eigenvalue weighted by atomic mass is 9.96. The van der Waals surface area contributed by atoms with Crippen LogP contribution in [0.3, 0.4) is 0 Å². The number of nitrogens with one attached hydrogen (secondary N) is 1. The third-order valence-electron chi connectivity index (χ3n) is 4.68. The van der Waals surface area contributed by atoms with Crippen molar-refractivity contribution in [2.75, 3.05) is 26.3 Å². The molecule has 0 saturated carbocycles. The predicted molar refractivity (Wildman–Crippen MR) is 101 cm³/mol. The summed E-state index contributed by atoms with van der Waals surface area (Å²) < 4.78 is 38.6. The van der Waals surface area contributed by atoms with Crippen LogP contribution in [0, 0.1) is 5.92 Å². The van der Waals surface area contributed by atoms with Gasteiger partial charge in [0.05, 0.1) is 18.1 Å². The third kappa shape index (κ3) is 4.73. The van der Waals surface area contributed by atoms with E-state index in [1.54, 1.807) is 12.1 Å². The fourth-order valence-electron chi connectivity index (χ4n) is 3.28. The van der Waals surface area contributed by atoms with Crippen LogP contribution >= 0.6 is 0 Å². The zero-order chi connectivity index (χ0) is 19.7. The van der Waals surface area contributed by atoms with Crippen LogP contribution in [0.4, 0.5) is 0 Å². The summed E-state index contributed by atoms with van der Waals surface area (Å²) in [6.45, 7) is 7.55. The number of piperidine rings is 1. The quantitative estimate of drug-likeness (QED) is 0.846. The summed E-state index contributed by atoms with van der Waals surface area (Å²) in [6, 6.07) is 4.74. The summed E-state index contributed by atoms with van der Waals surface area (Å²) >= 11 is 0. The van der Waals surface area contributed by atoms with Gasteiger partial charge in [-0.3, -0.25) is 4.79 Å². The van der Waals surface area contributed by atoms with Gasteiger partial charge >= 0.3 is 0 Å². The number of nitrogens with zero attached hydrogens (tertiary/aromatic N) is 1. The second-order valence-electron chi connectivity index (χ2n) is 8.08. The van der Waals surface area contributed by atoms with Crippen LogP contribution in [0.2, 0.25) is 0 Å². The van der Waals surface area contributed by atoms with Gasteiger partial charge in [0.1, 0.15) is 0 Å². The summed E-state index contributed by atoms with van der Waals surface area (Å²) in [7, 11) is -3.63. The topological polar surface area (TPSA) is 84.9 Å². The van der Waals surface area contributed by atoms with Gasteiger partial charge in [-0.05, 0) is 45.7 Å². The van der Waals surface area contributed by atoms with Crippen molar-refractivity contribution in [1.29, 1.82) is 0 Å². The molecule has 27 heavy (non-hydrogen) atoms. The molecule has 150 valence electrons. The molecule has 1 aromatic carbocycles. The Kier molecular flexibility index (Phi) is 5.67. The van der Waals surface area contributed by atoms with Crippen LogP contribution in [0.15, 0.2) is 23.1 Å². The van der Waals surface area contributed by atoms with Crippen molar-refractivity contribution in [2.24, 2.45) is 5.92 Å². The fourth-order valence-corrected chi connectivity index (χ4v) is 4.77. The summed E-state index contributed by atoms with van der Waals surface area (Å²) in [5, 5.41) is 2.98. The number of amides is 1. The summed E-state index contributed by atoms with van der Waals surface area (Å²) in [4.78, 5) is 12.5. The van der Waals surface area contributed by atoms with Crippen LogP contribution in [0.5, 0.6) is 11.5 Å². The van der Waals surface area contributed by atoms with E-state index in [9.17, 15) is 13.2 Å². The molecule has 2 heterocycles.